The van der Waals surface area contributed by atoms with Crippen molar-refractivity contribution in [2.45, 2.75) is 31.8 Å². The molecule has 2 N–H and O–H groups in total. The molecule has 4 rings (SSSR count). The van der Waals surface area contributed by atoms with Crippen LogP contribution in [0.2, 0.25) is 0 Å². The minimum absolute atomic E-state index is 0.0104. The van der Waals surface area contributed by atoms with Gasteiger partial charge in [-0.15, -0.1) is 0 Å². The van der Waals surface area contributed by atoms with Crippen LogP contribution in [0.4, 0.5) is 0 Å². The molecule has 0 radical (unpaired) electrons. The molecule has 2 aromatic rings. The highest BCUT2D eigenvalue weighted by Crippen LogP contribution is 2.24. The van der Waals surface area contributed by atoms with Crippen molar-refractivity contribution in [1.82, 2.24) is 30.2 Å². The first-order valence-electron chi connectivity index (χ1n) is 9.36. The fraction of sp³-hybridized carbons (Fsp3) is 0.556. The zero-order chi connectivity index (χ0) is 18.6. The number of fused-ring (bicyclic) bond motifs is 1. The van der Waals surface area contributed by atoms with Crippen molar-refractivity contribution in [3.63, 3.8) is 0 Å². The maximum absolute atomic E-state index is 12.7. The smallest absolute Gasteiger partial charge is 0.272 e. The van der Waals surface area contributed by atoms with Gasteiger partial charge in [-0.2, -0.15) is 10.2 Å². The number of amides is 2. The number of ether oxygens (including phenoxy) is 1. The van der Waals surface area contributed by atoms with E-state index in [1.807, 2.05) is 10.7 Å². The summed E-state index contributed by atoms with van der Waals surface area (Å²) in [4.78, 5) is 26.9. The van der Waals surface area contributed by atoms with Gasteiger partial charge >= 0.3 is 0 Å². The third kappa shape index (κ3) is 4.02. The molecule has 2 aliphatic rings. The quantitative estimate of drug-likeness (QED) is 0.805. The van der Waals surface area contributed by atoms with E-state index in [0.717, 1.165) is 31.7 Å². The summed E-state index contributed by atoms with van der Waals surface area (Å²) in [6.45, 7) is 3.13. The third-order valence-electron chi connectivity index (χ3n) is 5.25. The molecule has 2 aliphatic heterocycles. The lowest BCUT2D eigenvalue weighted by Gasteiger charge is -2.33. The predicted octanol–water partition coefficient (Wildman–Crippen LogP) is 0.736. The van der Waals surface area contributed by atoms with Crippen LogP contribution >= 0.6 is 0 Å². The number of hydrogen-bond donors (Lipinski definition) is 2. The highest BCUT2D eigenvalue weighted by molar-refractivity contribution is 5.92. The lowest BCUT2D eigenvalue weighted by Crippen LogP contribution is -2.43. The maximum atomic E-state index is 12.7. The molecule has 0 saturated carbocycles. The second kappa shape index (κ2) is 7.91. The van der Waals surface area contributed by atoms with Crippen molar-refractivity contribution in [2.24, 2.45) is 5.92 Å². The van der Waals surface area contributed by atoms with E-state index in [1.165, 1.54) is 0 Å². The van der Waals surface area contributed by atoms with Crippen LogP contribution < -0.4 is 5.32 Å². The van der Waals surface area contributed by atoms with Crippen molar-refractivity contribution < 1.29 is 14.3 Å². The molecule has 0 aliphatic carbocycles. The summed E-state index contributed by atoms with van der Waals surface area (Å²) >= 11 is 0. The molecule has 1 saturated heterocycles. The second-order valence-corrected chi connectivity index (χ2v) is 7.14. The highest BCUT2D eigenvalue weighted by Gasteiger charge is 2.31. The van der Waals surface area contributed by atoms with E-state index in [-0.39, 0.29) is 17.9 Å². The molecule has 0 aromatic carbocycles. The molecule has 9 heteroatoms. The van der Waals surface area contributed by atoms with Crippen molar-refractivity contribution in [3.8, 4) is 0 Å². The Morgan fingerprint density at radius 3 is 2.89 bits per heavy atom. The van der Waals surface area contributed by atoms with Gasteiger partial charge in [-0.25, -0.2) is 0 Å². The molecular formula is C18H24N6O3. The Kier molecular flexibility index (Phi) is 5.19. The molecule has 1 fully saturated rings. The number of hydrogen-bond acceptors (Lipinski definition) is 5. The van der Waals surface area contributed by atoms with Crippen molar-refractivity contribution in [2.75, 3.05) is 26.3 Å². The third-order valence-corrected chi connectivity index (χ3v) is 5.25. The second-order valence-electron chi connectivity index (χ2n) is 7.14. The van der Waals surface area contributed by atoms with E-state index in [2.05, 4.69) is 20.6 Å². The zero-order valence-electron chi connectivity index (χ0n) is 15.1. The molecular weight excluding hydrogens is 348 g/mol. The van der Waals surface area contributed by atoms with E-state index in [1.54, 1.807) is 23.4 Å². The van der Waals surface area contributed by atoms with Crippen LogP contribution in [0.3, 0.4) is 0 Å². The van der Waals surface area contributed by atoms with Gasteiger partial charge in [0.15, 0.2) is 0 Å². The highest BCUT2D eigenvalue weighted by atomic mass is 16.5. The Morgan fingerprint density at radius 1 is 1.26 bits per heavy atom. The van der Waals surface area contributed by atoms with Gasteiger partial charge in [0.1, 0.15) is 5.69 Å². The van der Waals surface area contributed by atoms with Gasteiger partial charge < -0.3 is 15.0 Å². The summed E-state index contributed by atoms with van der Waals surface area (Å²) in [6.07, 6.45) is 5.54. The molecule has 144 valence electrons. The fourth-order valence-corrected chi connectivity index (χ4v) is 3.73. The molecule has 2 aromatic heterocycles. The number of nitrogens with zero attached hydrogens (tertiary/aromatic N) is 4. The lowest BCUT2D eigenvalue weighted by molar-refractivity contribution is -0.122. The number of H-pyrrole nitrogens is 1. The SMILES string of the molecule is O=C(CC1CN(C(=O)c2ccn[nH]2)Cc2ccnn21)NCC1CCOCC1. The van der Waals surface area contributed by atoms with Crippen LogP contribution in [-0.4, -0.2) is 63.0 Å². The molecule has 0 bridgehead atoms. The minimum atomic E-state index is -0.176. The van der Waals surface area contributed by atoms with Gasteiger partial charge in [0, 0.05) is 38.7 Å². The van der Waals surface area contributed by atoms with Crippen molar-refractivity contribution >= 4 is 11.8 Å². The minimum Gasteiger partial charge on any atom is -0.381 e. The number of carbonyl (C=O) groups excluding carboxylic acids is 2. The largest absolute Gasteiger partial charge is 0.381 e. The topological polar surface area (TPSA) is 105 Å². The fourth-order valence-electron chi connectivity index (χ4n) is 3.73. The average Bonchev–Trinajstić information content (AvgIpc) is 3.38. The first-order chi connectivity index (χ1) is 13.2. The van der Waals surface area contributed by atoms with Gasteiger partial charge in [0.25, 0.3) is 5.91 Å². The molecule has 27 heavy (non-hydrogen) atoms. The van der Waals surface area contributed by atoms with Gasteiger partial charge in [-0.1, -0.05) is 0 Å². The summed E-state index contributed by atoms with van der Waals surface area (Å²) < 4.78 is 7.22. The lowest BCUT2D eigenvalue weighted by atomic mass is 10.0. The van der Waals surface area contributed by atoms with Crippen molar-refractivity contribution in [3.05, 3.63) is 35.9 Å². The van der Waals surface area contributed by atoms with Crippen LogP contribution in [-0.2, 0) is 16.1 Å². The number of aromatic nitrogens is 4. The Balaban J connectivity index is 1.39. The predicted molar refractivity (Wildman–Crippen MR) is 95.8 cm³/mol. The maximum Gasteiger partial charge on any atom is 0.272 e. The van der Waals surface area contributed by atoms with Crippen LogP contribution in [0, 0.1) is 5.92 Å². The van der Waals surface area contributed by atoms with Crippen LogP contribution in [0.25, 0.3) is 0 Å². The number of aromatic amines is 1. The molecule has 1 atom stereocenters. The van der Waals surface area contributed by atoms with Gasteiger partial charge in [-0.05, 0) is 30.9 Å². The Morgan fingerprint density at radius 2 is 2.11 bits per heavy atom. The summed E-state index contributed by atoms with van der Waals surface area (Å²) in [7, 11) is 0. The van der Waals surface area contributed by atoms with E-state index >= 15 is 0 Å². The van der Waals surface area contributed by atoms with E-state index in [9.17, 15) is 9.59 Å². The van der Waals surface area contributed by atoms with Gasteiger partial charge in [0.2, 0.25) is 5.91 Å². The standard InChI is InChI=1S/C18H24N6O3/c25-17(19-10-13-3-7-27-8-4-13)9-15-12-23(11-14-1-6-21-24(14)15)18(26)16-2-5-20-22-16/h1-2,5-6,13,15H,3-4,7-12H2,(H,19,25)(H,20,22). The molecule has 0 spiro atoms. The first-order valence-corrected chi connectivity index (χ1v) is 9.36. The summed E-state index contributed by atoms with van der Waals surface area (Å²) in [5, 5.41) is 14.0. The van der Waals surface area contributed by atoms with Gasteiger partial charge in [-0.3, -0.25) is 19.4 Å². The van der Waals surface area contributed by atoms with E-state index in [0.29, 0.717) is 37.7 Å². The molecule has 1 unspecified atom stereocenters. The normalized spacial score (nSPS) is 20.3. The van der Waals surface area contributed by atoms with Crippen LogP contribution in [0.15, 0.2) is 24.5 Å². The van der Waals surface area contributed by atoms with E-state index in [4.69, 9.17) is 4.74 Å². The van der Waals surface area contributed by atoms with E-state index < -0.39 is 0 Å². The molecule has 9 nitrogen and oxygen atoms in total. The first kappa shape index (κ1) is 17.7. The van der Waals surface area contributed by atoms with Crippen LogP contribution in [0.1, 0.15) is 41.5 Å². The zero-order valence-corrected chi connectivity index (χ0v) is 15.1. The number of carbonyl (C=O) groups is 2. The van der Waals surface area contributed by atoms with Gasteiger partial charge in [0.05, 0.1) is 24.7 Å². The summed E-state index contributed by atoms with van der Waals surface area (Å²) in [6, 6.07) is 3.37. The Bertz CT molecular complexity index is 781. The average molecular weight is 372 g/mol. The summed E-state index contributed by atoms with van der Waals surface area (Å²) in [5.74, 6) is 0.351. The van der Waals surface area contributed by atoms with Crippen molar-refractivity contribution in [1.29, 1.82) is 0 Å². The van der Waals surface area contributed by atoms with Crippen LogP contribution in [0.5, 0.6) is 0 Å². The summed E-state index contributed by atoms with van der Waals surface area (Å²) in [5.41, 5.74) is 1.38. The molecule has 4 heterocycles. The number of rotatable bonds is 5. The molecule has 2 amide bonds. The Hall–Kier alpha value is -2.68. The Labute approximate surface area is 157 Å². The number of nitrogens with one attached hydrogen (secondary N) is 2. The monoisotopic (exact) mass is 372 g/mol.